The Kier molecular flexibility index (Phi) is 2.04. The average Bonchev–Trinajstić information content (AvgIpc) is 2.96. The monoisotopic (exact) mass is 229 g/mol. The van der Waals surface area contributed by atoms with Gasteiger partial charge >= 0.3 is 0 Å². The normalized spacial score (nSPS) is 10.8. The molecule has 0 saturated heterocycles. The van der Waals surface area contributed by atoms with Gasteiger partial charge in [-0.15, -0.1) is 11.3 Å². The van der Waals surface area contributed by atoms with Crippen LogP contribution in [0.4, 0.5) is 0 Å². The van der Waals surface area contributed by atoms with Gasteiger partial charge < -0.3 is 4.52 Å². The lowest BCUT2D eigenvalue weighted by atomic mass is 10.2. The highest BCUT2D eigenvalue weighted by atomic mass is 32.1. The fraction of sp³-hybridized carbons (Fsp3) is 0. The maximum atomic E-state index is 4.96. The molecule has 0 aromatic carbocycles. The summed E-state index contributed by atoms with van der Waals surface area (Å²) in [5.41, 5.74) is 1.84. The zero-order chi connectivity index (χ0) is 11.0. The van der Waals surface area contributed by atoms with Crippen LogP contribution in [0.2, 0.25) is 0 Å². The van der Waals surface area contributed by atoms with E-state index in [9.17, 15) is 0 Å². The van der Waals surface area contributed by atoms with Gasteiger partial charge in [0.05, 0.1) is 10.2 Å². The van der Waals surface area contributed by atoms with Gasteiger partial charge in [-0.3, -0.25) is 4.98 Å². The van der Waals surface area contributed by atoms with Crippen LogP contribution < -0.4 is 0 Å². The molecule has 0 radical (unpaired) electrons. The minimum atomic E-state index is 0.418. The lowest BCUT2D eigenvalue weighted by Gasteiger charge is -1.93. The van der Waals surface area contributed by atoms with Crippen molar-refractivity contribution in [2.45, 2.75) is 0 Å². The molecule has 0 aliphatic heterocycles. The third-order valence-corrected chi connectivity index (χ3v) is 3.03. The Labute approximate surface area is 95.3 Å². The van der Waals surface area contributed by atoms with Crippen LogP contribution in [-0.2, 0) is 0 Å². The van der Waals surface area contributed by atoms with Crippen LogP contribution in [0, 0.1) is 0 Å². The summed E-state index contributed by atoms with van der Waals surface area (Å²) in [5, 5.41) is 5.86. The minimum absolute atomic E-state index is 0.418. The summed E-state index contributed by atoms with van der Waals surface area (Å²) >= 11 is 1.64. The van der Waals surface area contributed by atoms with Gasteiger partial charge in [0.2, 0.25) is 11.7 Å². The Bertz CT molecular complexity index is 656. The molecule has 4 nitrogen and oxygen atoms in total. The molecule has 0 saturated carbocycles. The van der Waals surface area contributed by atoms with E-state index in [-0.39, 0.29) is 0 Å². The van der Waals surface area contributed by atoms with E-state index in [1.165, 1.54) is 6.08 Å². The van der Waals surface area contributed by atoms with Gasteiger partial charge in [0.25, 0.3) is 0 Å². The summed E-state index contributed by atoms with van der Waals surface area (Å²) in [7, 11) is 0. The van der Waals surface area contributed by atoms with Gasteiger partial charge in [-0.1, -0.05) is 11.7 Å². The Balaban J connectivity index is 2.13. The lowest BCUT2D eigenvalue weighted by Crippen LogP contribution is -1.82. The van der Waals surface area contributed by atoms with Crippen LogP contribution in [0.25, 0.3) is 27.7 Å². The number of pyridine rings is 1. The van der Waals surface area contributed by atoms with E-state index in [2.05, 4.69) is 21.7 Å². The summed E-state index contributed by atoms with van der Waals surface area (Å²) in [6.45, 7) is 3.57. The van der Waals surface area contributed by atoms with Crippen LogP contribution >= 0.6 is 11.3 Å². The number of nitrogens with zero attached hydrogens (tertiary/aromatic N) is 3. The molecule has 78 valence electrons. The number of fused-ring (bicyclic) bond motifs is 1. The van der Waals surface area contributed by atoms with E-state index in [1.54, 1.807) is 17.5 Å². The molecule has 3 heterocycles. The molecule has 0 N–H and O–H groups in total. The maximum Gasteiger partial charge on any atom is 0.250 e. The molecular formula is C11H7N3OS. The molecular weight excluding hydrogens is 222 g/mol. The summed E-state index contributed by atoms with van der Waals surface area (Å²) in [6.07, 6.45) is 3.26. The molecule has 3 aromatic rings. The van der Waals surface area contributed by atoms with E-state index < -0.39 is 0 Å². The van der Waals surface area contributed by atoms with E-state index in [0.717, 1.165) is 15.8 Å². The van der Waals surface area contributed by atoms with Crippen molar-refractivity contribution in [1.29, 1.82) is 0 Å². The van der Waals surface area contributed by atoms with Crippen LogP contribution in [0.5, 0.6) is 0 Å². The van der Waals surface area contributed by atoms with Crippen LogP contribution in [0.3, 0.4) is 0 Å². The fourth-order valence-electron chi connectivity index (χ4n) is 1.40. The number of aromatic nitrogens is 3. The molecule has 0 atom stereocenters. The molecule has 0 aliphatic rings. The van der Waals surface area contributed by atoms with Gasteiger partial charge in [0.15, 0.2) is 0 Å². The fourth-order valence-corrected chi connectivity index (χ4v) is 2.18. The first-order valence-corrected chi connectivity index (χ1v) is 5.54. The summed E-state index contributed by atoms with van der Waals surface area (Å²) < 4.78 is 6.07. The highest BCUT2D eigenvalue weighted by molar-refractivity contribution is 7.17. The minimum Gasteiger partial charge on any atom is -0.334 e. The molecule has 3 rings (SSSR count). The van der Waals surface area contributed by atoms with Gasteiger partial charge in [-0.25, -0.2) is 0 Å². The third kappa shape index (κ3) is 1.42. The van der Waals surface area contributed by atoms with Gasteiger partial charge in [-0.05, 0) is 23.6 Å². The summed E-state index contributed by atoms with van der Waals surface area (Å²) in [4.78, 5) is 8.47. The second-order valence-electron chi connectivity index (χ2n) is 3.19. The number of hydrogen-bond acceptors (Lipinski definition) is 5. The second-order valence-corrected chi connectivity index (χ2v) is 4.14. The van der Waals surface area contributed by atoms with E-state index >= 15 is 0 Å². The SMILES string of the molecule is C=Cc1nc(-c2cnc3ccsc3c2)no1. The molecule has 16 heavy (non-hydrogen) atoms. The first kappa shape index (κ1) is 9.23. The van der Waals surface area contributed by atoms with Gasteiger partial charge in [-0.2, -0.15) is 4.98 Å². The van der Waals surface area contributed by atoms with E-state index in [1.807, 2.05) is 17.5 Å². The van der Waals surface area contributed by atoms with Gasteiger partial charge in [0, 0.05) is 11.8 Å². The Hall–Kier alpha value is -2.01. The van der Waals surface area contributed by atoms with Crippen molar-refractivity contribution in [3.05, 3.63) is 36.2 Å². The van der Waals surface area contributed by atoms with Crippen LogP contribution in [-0.4, -0.2) is 15.1 Å². The van der Waals surface area contributed by atoms with Crippen molar-refractivity contribution >= 4 is 27.6 Å². The first-order valence-electron chi connectivity index (χ1n) is 4.66. The Morgan fingerprint density at radius 2 is 2.38 bits per heavy atom. The first-order chi connectivity index (χ1) is 7.86. The highest BCUT2D eigenvalue weighted by Crippen LogP contribution is 2.24. The molecule has 0 spiro atoms. The molecule has 0 aliphatic carbocycles. The van der Waals surface area contributed by atoms with Crippen molar-refractivity contribution in [2.75, 3.05) is 0 Å². The second kappa shape index (κ2) is 3.53. The standard InChI is InChI=1S/C11H7N3OS/c1-2-10-13-11(14-15-10)7-5-9-8(12-6-7)3-4-16-9/h2-6H,1H2. The van der Waals surface area contributed by atoms with Crippen molar-refractivity contribution in [1.82, 2.24) is 15.1 Å². The molecule has 0 bridgehead atoms. The lowest BCUT2D eigenvalue weighted by molar-refractivity contribution is 0.411. The predicted molar refractivity (Wildman–Crippen MR) is 63.0 cm³/mol. The average molecular weight is 229 g/mol. The van der Waals surface area contributed by atoms with Crippen molar-refractivity contribution in [2.24, 2.45) is 0 Å². The number of thiophene rings is 1. The number of hydrogen-bond donors (Lipinski definition) is 0. The van der Waals surface area contributed by atoms with E-state index in [4.69, 9.17) is 4.52 Å². The van der Waals surface area contributed by atoms with Crippen LogP contribution in [0.15, 0.2) is 34.8 Å². The molecule has 0 unspecified atom stereocenters. The predicted octanol–water partition coefficient (Wildman–Crippen LogP) is 2.99. The van der Waals surface area contributed by atoms with Gasteiger partial charge in [0.1, 0.15) is 0 Å². The third-order valence-electron chi connectivity index (χ3n) is 2.18. The Morgan fingerprint density at radius 3 is 3.19 bits per heavy atom. The molecule has 3 aromatic heterocycles. The number of rotatable bonds is 2. The smallest absolute Gasteiger partial charge is 0.250 e. The van der Waals surface area contributed by atoms with E-state index in [0.29, 0.717) is 11.7 Å². The topological polar surface area (TPSA) is 51.8 Å². The zero-order valence-corrected chi connectivity index (χ0v) is 9.07. The molecule has 0 fully saturated rings. The zero-order valence-electron chi connectivity index (χ0n) is 8.25. The summed E-state index contributed by atoms with van der Waals surface area (Å²) in [6, 6.07) is 3.99. The largest absolute Gasteiger partial charge is 0.334 e. The maximum absolute atomic E-state index is 4.96. The summed E-state index contributed by atoms with van der Waals surface area (Å²) in [5.74, 6) is 0.957. The molecule has 5 heteroatoms. The Morgan fingerprint density at radius 1 is 1.44 bits per heavy atom. The molecule has 0 amide bonds. The van der Waals surface area contributed by atoms with Crippen molar-refractivity contribution in [3.63, 3.8) is 0 Å². The highest BCUT2D eigenvalue weighted by Gasteiger charge is 2.08. The van der Waals surface area contributed by atoms with Crippen molar-refractivity contribution in [3.8, 4) is 11.4 Å². The van der Waals surface area contributed by atoms with Crippen LogP contribution in [0.1, 0.15) is 5.89 Å². The quantitative estimate of drug-likeness (QED) is 0.677. The van der Waals surface area contributed by atoms with Crippen molar-refractivity contribution < 1.29 is 4.52 Å².